The molecule has 1 unspecified atom stereocenters. The van der Waals surface area contributed by atoms with Crippen LogP contribution in [-0.2, 0) is 4.79 Å². The second-order valence-electron chi connectivity index (χ2n) is 4.04. The van der Waals surface area contributed by atoms with Gasteiger partial charge in [0.2, 0.25) is 12.7 Å². The lowest BCUT2D eigenvalue weighted by Crippen LogP contribution is -2.33. The van der Waals surface area contributed by atoms with E-state index in [1.165, 1.54) is 6.08 Å². The van der Waals surface area contributed by atoms with E-state index in [0.717, 1.165) is 5.56 Å². The fourth-order valence-corrected chi connectivity index (χ4v) is 1.53. The van der Waals surface area contributed by atoms with Gasteiger partial charge in [0.15, 0.2) is 11.5 Å². The highest BCUT2D eigenvalue weighted by Crippen LogP contribution is 2.32. The Morgan fingerprint density at radius 3 is 3.06 bits per heavy atom. The van der Waals surface area contributed by atoms with Crippen molar-refractivity contribution in [3.05, 3.63) is 29.8 Å². The van der Waals surface area contributed by atoms with E-state index in [1.807, 2.05) is 12.1 Å². The molecule has 1 heterocycles. The Kier molecular flexibility index (Phi) is 3.84. The number of hydrogen-bond acceptors (Lipinski definition) is 4. The molecule has 18 heavy (non-hydrogen) atoms. The van der Waals surface area contributed by atoms with Crippen molar-refractivity contribution in [3.8, 4) is 11.5 Å². The number of aliphatic hydroxyl groups excluding tert-OH is 1. The molecule has 0 saturated heterocycles. The van der Waals surface area contributed by atoms with E-state index >= 15 is 0 Å². The van der Waals surface area contributed by atoms with Gasteiger partial charge in [-0.3, -0.25) is 4.79 Å². The predicted molar refractivity (Wildman–Crippen MR) is 66.3 cm³/mol. The molecule has 1 aromatic rings. The summed E-state index contributed by atoms with van der Waals surface area (Å²) >= 11 is 0. The second-order valence-corrected chi connectivity index (χ2v) is 4.04. The van der Waals surface area contributed by atoms with Gasteiger partial charge in [-0.25, -0.2) is 0 Å². The number of rotatable bonds is 4. The summed E-state index contributed by atoms with van der Waals surface area (Å²) in [4.78, 5) is 11.5. The van der Waals surface area contributed by atoms with Gasteiger partial charge in [-0.05, 0) is 30.7 Å². The van der Waals surface area contributed by atoms with Crippen molar-refractivity contribution in [2.24, 2.45) is 0 Å². The number of carbonyl (C=O) groups is 1. The van der Waals surface area contributed by atoms with Crippen LogP contribution in [0.25, 0.3) is 6.08 Å². The largest absolute Gasteiger partial charge is 0.454 e. The van der Waals surface area contributed by atoms with Crippen LogP contribution >= 0.6 is 0 Å². The van der Waals surface area contributed by atoms with Crippen molar-refractivity contribution >= 4 is 12.0 Å². The number of carbonyl (C=O) groups excluding carboxylic acids is 1. The van der Waals surface area contributed by atoms with Gasteiger partial charge < -0.3 is 19.9 Å². The maximum atomic E-state index is 11.5. The number of aliphatic hydroxyl groups is 1. The van der Waals surface area contributed by atoms with E-state index in [-0.39, 0.29) is 25.3 Å². The molecule has 0 fully saturated rings. The van der Waals surface area contributed by atoms with E-state index in [9.17, 15) is 4.79 Å². The Bertz CT molecular complexity index is 470. The Hall–Kier alpha value is -2.01. The first-order chi connectivity index (χ1) is 8.69. The lowest BCUT2D eigenvalue weighted by atomic mass is 10.2. The summed E-state index contributed by atoms with van der Waals surface area (Å²) in [5.74, 6) is 1.15. The van der Waals surface area contributed by atoms with Crippen LogP contribution in [0.2, 0.25) is 0 Å². The third-order valence-electron chi connectivity index (χ3n) is 2.49. The molecule has 0 spiro atoms. The zero-order valence-electron chi connectivity index (χ0n) is 10.1. The molecule has 0 aromatic heterocycles. The van der Waals surface area contributed by atoms with Gasteiger partial charge in [-0.15, -0.1) is 0 Å². The predicted octanol–water partition coefficient (Wildman–Crippen LogP) is 0.926. The van der Waals surface area contributed by atoms with Gasteiger partial charge in [0, 0.05) is 12.1 Å². The van der Waals surface area contributed by atoms with Crippen LogP contribution in [0, 0.1) is 0 Å². The summed E-state index contributed by atoms with van der Waals surface area (Å²) in [6.45, 7) is 1.88. The minimum Gasteiger partial charge on any atom is -0.454 e. The van der Waals surface area contributed by atoms with Crippen molar-refractivity contribution in [1.82, 2.24) is 5.32 Å². The highest BCUT2D eigenvalue weighted by molar-refractivity contribution is 5.92. The molecular formula is C13H15NO4. The van der Waals surface area contributed by atoms with Gasteiger partial charge >= 0.3 is 0 Å². The first-order valence-electron chi connectivity index (χ1n) is 5.68. The van der Waals surface area contributed by atoms with E-state index in [1.54, 1.807) is 19.1 Å². The number of fused-ring (bicyclic) bond motifs is 1. The molecule has 1 aliphatic heterocycles. The summed E-state index contributed by atoms with van der Waals surface area (Å²) in [5, 5.41) is 11.4. The van der Waals surface area contributed by atoms with Crippen LogP contribution in [-0.4, -0.2) is 30.5 Å². The monoisotopic (exact) mass is 249 g/mol. The molecule has 1 aromatic carbocycles. The fraction of sp³-hybridized carbons (Fsp3) is 0.308. The molecule has 2 rings (SSSR count). The smallest absolute Gasteiger partial charge is 0.244 e. The van der Waals surface area contributed by atoms with Gasteiger partial charge in [-0.2, -0.15) is 0 Å². The summed E-state index contributed by atoms with van der Waals surface area (Å²) < 4.78 is 10.4. The standard InChI is InChI=1S/C13H15NO4/c1-9(7-15)14-13(16)5-3-10-2-4-11-12(6-10)18-8-17-11/h2-6,9,15H,7-8H2,1H3,(H,14,16)/b5-3+. The number of benzene rings is 1. The Morgan fingerprint density at radius 1 is 1.50 bits per heavy atom. The van der Waals surface area contributed by atoms with E-state index in [2.05, 4.69) is 5.32 Å². The minimum atomic E-state index is -0.251. The number of nitrogens with one attached hydrogen (secondary N) is 1. The van der Waals surface area contributed by atoms with Crippen LogP contribution in [0.1, 0.15) is 12.5 Å². The van der Waals surface area contributed by atoms with Gasteiger partial charge in [0.05, 0.1) is 6.61 Å². The van der Waals surface area contributed by atoms with Crippen molar-refractivity contribution in [3.63, 3.8) is 0 Å². The maximum absolute atomic E-state index is 11.5. The molecule has 0 bridgehead atoms. The average molecular weight is 249 g/mol. The van der Waals surface area contributed by atoms with Crippen LogP contribution in [0.15, 0.2) is 24.3 Å². The molecule has 0 saturated carbocycles. The molecule has 1 amide bonds. The van der Waals surface area contributed by atoms with Crippen molar-refractivity contribution < 1.29 is 19.4 Å². The summed E-state index contributed by atoms with van der Waals surface area (Å²) in [5.41, 5.74) is 0.853. The van der Waals surface area contributed by atoms with Gasteiger partial charge in [0.1, 0.15) is 0 Å². The number of ether oxygens (including phenoxy) is 2. The van der Waals surface area contributed by atoms with Crippen molar-refractivity contribution in [2.45, 2.75) is 13.0 Å². The molecule has 0 radical (unpaired) electrons. The highest BCUT2D eigenvalue weighted by atomic mass is 16.7. The molecule has 5 nitrogen and oxygen atoms in total. The summed E-state index contributed by atoms with van der Waals surface area (Å²) in [7, 11) is 0. The molecule has 2 N–H and O–H groups in total. The first kappa shape index (κ1) is 12.4. The lowest BCUT2D eigenvalue weighted by molar-refractivity contribution is -0.117. The van der Waals surface area contributed by atoms with Crippen molar-refractivity contribution in [1.29, 1.82) is 0 Å². The topological polar surface area (TPSA) is 67.8 Å². The molecule has 5 heteroatoms. The molecule has 1 atom stereocenters. The van der Waals surface area contributed by atoms with Crippen LogP contribution in [0.5, 0.6) is 11.5 Å². The van der Waals surface area contributed by atoms with E-state index < -0.39 is 0 Å². The fourth-order valence-electron chi connectivity index (χ4n) is 1.53. The van der Waals surface area contributed by atoms with Gasteiger partial charge in [-0.1, -0.05) is 6.07 Å². The van der Waals surface area contributed by atoms with Crippen molar-refractivity contribution in [2.75, 3.05) is 13.4 Å². The maximum Gasteiger partial charge on any atom is 0.244 e. The third-order valence-corrected chi connectivity index (χ3v) is 2.49. The highest BCUT2D eigenvalue weighted by Gasteiger charge is 2.12. The third kappa shape index (κ3) is 3.01. The Labute approximate surface area is 105 Å². The van der Waals surface area contributed by atoms with Gasteiger partial charge in [0.25, 0.3) is 0 Å². The molecule has 0 aliphatic carbocycles. The SMILES string of the molecule is CC(CO)NC(=O)/C=C/c1ccc2c(c1)OCO2. The Balaban J connectivity index is 1.98. The first-order valence-corrected chi connectivity index (χ1v) is 5.68. The number of hydrogen-bond donors (Lipinski definition) is 2. The van der Waals surface area contributed by atoms with E-state index in [0.29, 0.717) is 11.5 Å². The number of amides is 1. The minimum absolute atomic E-state index is 0.0798. The molecule has 1 aliphatic rings. The average Bonchev–Trinajstić information content (AvgIpc) is 2.83. The molecular weight excluding hydrogens is 234 g/mol. The zero-order valence-corrected chi connectivity index (χ0v) is 10.1. The van der Waals surface area contributed by atoms with E-state index in [4.69, 9.17) is 14.6 Å². The second kappa shape index (κ2) is 5.55. The molecule has 96 valence electrons. The van der Waals surface area contributed by atoms with Crippen LogP contribution in [0.4, 0.5) is 0 Å². The van der Waals surface area contributed by atoms with Crippen LogP contribution in [0.3, 0.4) is 0 Å². The lowest BCUT2D eigenvalue weighted by Gasteiger charge is -2.07. The summed E-state index contributed by atoms with van der Waals surface area (Å²) in [6.07, 6.45) is 3.10. The Morgan fingerprint density at radius 2 is 2.28 bits per heavy atom. The quantitative estimate of drug-likeness (QED) is 0.779. The zero-order chi connectivity index (χ0) is 13.0. The normalized spacial score (nSPS) is 14.8. The summed E-state index contributed by atoms with van der Waals surface area (Å²) in [6, 6.07) is 5.20. The van der Waals surface area contributed by atoms with Crippen LogP contribution < -0.4 is 14.8 Å².